The van der Waals surface area contributed by atoms with Crippen LogP contribution in [-0.4, -0.2) is 5.91 Å². The molecular formula is C18H12F9NO. The fraction of sp³-hybridized carbons (Fsp3) is 0.278. The maximum absolute atomic E-state index is 14.2. The van der Waals surface area contributed by atoms with Crippen molar-refractivity contribution in [2.24, 2.45) is 0 Å². The summed E-state index contributed by atoms with van der Waals surface area (Å²) in [5, 5.41) is 1.18. The molecule has 0 bridgehead atoms. The molecule has 158 valence electrons. The first-order valence-corrected chi connectivity index (χ1v) is 7.81. The fourth-order valence-corrected chi connectivity index (χ4v) is 2.39. The minimum Gasteiger partial charge on any atom is -0.317 e. The number of carbonyl (C=O) groups excluding carboxylic acids is 1. The van der Waals surface area contributed by atoms with Crippen LogP contribution < -0.4 is 5.32 Å². The van der Waals surface area contributed by atoms with Crippen molar-refractivity contribution in [3.05, 3.63) is 63.7 Å². The highest BCUT2D eigenvalue weighted by Gasteiger charge is 2.42. The summed E-state index contributed by atoms with van der Waals surface area (Å²) in [6, 6.07) is 1.53. The summed E-state index contributed by atoms with van der Waals surface area (Å²) < 4.78 is 121. The van der Waals surface area contributed by atoms with Gasteiger partial charge in [0.05, 0.1) is 0 Å². The minimum absolute atomic E-state index is 0.119. The molecule has 2 aromatic rings. The van der Waals surface area contributed by atoms with Crippen molar-refractivity contribution in [2.45, 2.75) is 32.4 Å². The summed E-state index contributed by atoms with van der Waals surface area (Å²) in [5.74, 6) is -15.6. The maximum Gasteiger partial charge on any atom is 0.422 e. The van der Waals surface area contributed by atoms with Crippen molar-refractivity contribution < 1.29 is 44.3 Å². The molecule has 0 heterocycles. The quantitative estimate of drug-likeness (QED) is 0.454. The van der Waals surface area contributed by atoms with Gasteiger partial charge in [-0.05, 0) is 23.1 Å². The van der Waals surface area contributed by atoms with Crippen molar-refractivity contribution in [3.63, 3.8) is 0 Å². The van der Waals surface area contributed by atoms with Crippen molar-refractivity contribution in [1.29, 1.82) is 0 Å². The molecule has 0 atom stereocenters. The van der Waals surface area contributed by atoms with E-state index in [9.17, 15) is 44.3 Å². The summed E-state index contributed by atoms with van der Waals surface area (Å²) in [7, 11) is 0. The number of carbonyl (C=O) groups is 1. The van der Waals surface area contributed by atoms with Crippen LogP contribution in [0.2, 0.25) is 0 Å². The van der Waals surface area contributed by atoms with Crippen LogP contribution in [0.15, 0.2) is 12.1 Å². The number of amides is 1. The highest BCUT2D eigenvalue weighted by atomic mass is 19.4. The van der Waals surface area contributed by atoms with Gasteiger partial charge in [-0.1, -0.05) is 20.8 Å². The Kier molecular flexibility index (Phi) is 5.66. The van der Waals surface area contributed by atoms with E-state index < -0.39 is 69.2 Å². The molecule has 0 saturated carbocycles. The van der Waals surface area contributed by atoms with Crippen LogP contribution >= 0.6 is 0 Å². The second kappa shape index (κ2) is 7.27. The summed E-state index contributed by atoms with van der Waals surface area (Å²) in [5.41, 5.74) is -6.78. The lowest BCUT2D eigenvalue weighted by atomic mass is 9.86. The van der Waals surface area contributed by atoms with Gasteiger partial charge in [0, 0.05) is 0 Å². The molecule has 0 radical (unpaired) electrons. The van der Waals surface area contributed by atoms with Crippen molar-refractivity contribution in [1.82, 2.24) is 0 Å². The Morgan fingerprint density at radius 2 is 1.21 bits per heavy atom. The third-order valence-electron chi connectivity index (χ3n) is 3.92. The predicted molar refractivity (Wildman–Crippen MR) is 84.3 cm³/mol. The normalized spacial score (nSPS) is 12.3. The number of hydrogen-bond acceptors (Lipinski definition) is 1. The van der Waals surface area contributed by atoms with Crippen molar-refractivity contribution >= 4 is 11.6 Å². The number of anilines is 1. The monoisotopic (exact) mass is 429 g/mol. The largest absolute Gasteiger partial charge is 0.422 e. The van der Waals surface area contributed by atoms with E-state index in [2.05, 4.69) is 0 Å². The van der Waals surface area contributed by atoms with Gasteiger partial charge in [-0.3, -0.25) is 4.79 Å². The molecule has 29 heavy (non-hydrogen) atoms. The minimum atomic E-state index is -5.78. The van der Waals surface area contributed by atoms with Crippen LogP contribution in [0.1, 0.15) is 42.3 Å². The van der Waals surface area contributed by atoms with Gasteiger partial charge >= 0.3 is 6.18 Å². The van der Waals surface area contributed by atoms with E-state index >= 15 is 0 Å². The molecule has 2 aromatic carbocycles. The highest BCUT2D eigenvalue weighted by molar-refractivity contribution is 6.04. The van der Waals surface area contributed by atoms with Crippen LogP contribution in [0.5, 0.6) is 0 Å². The van der Waals surface area contributed by atoms with E-state index in [-0.39, 0.29) is 5.56 Å². The van der Waals surface area contributed by atoms with Gasteiger partial charge in [-0.25, -0.2) is 26.3 Å². The molecule has 0 aliphatic carbocycles. The first-order valence-electron chi connectivity index (χ1n) is 7.81. The van der Waals surface area contributed by atoms with Crippen molar-refractivity contribution in [2.75, 3.05) is 5.32 Å². The second-order valence-corrected chi connectivity index (χ2v) is 7.02. The summed E-state index contributed by atoms with van der Waals surface area (Å²) in [6.45, 7) is 4.79. The van der Waals surface area contributed by atoms with E-state index in [1.165, 1.54) is 5.32 Å². The zero-order chi connectivity index (χ0) is 22.5. The second-order valence-electron chi connectivity index (χ2n) is 7.02. The molecular weight excluding hydrogens is 417 g/mol. The Morgan fingerprint density at radius 3 is 1.55 bits per heavy atom. The molecule has 0 unspecified atom stereocenters. The van der Waals surface area contributed by atoms with Crippen molar-refractivity contribution in [3.8, 4) is 0 Å². The third kappa shape index (κ3) is 4.18. The number of nitrogens with one attached hydrogen (secondary N) is 1. The third-order valence-corrected chi connectivity index (χ3v) is 3.92. The highest BCUT2D eigenvalue weighted by Crippen LogP contribution is 2.38. The number of benzene rings is 2. The topological polar surface area (TPSA) is 29.1 Å². The Labute approximate surface area is 158 Å². The van der Waals surface area contributed by atoms with Crippen LogP contribution in [-0.2, 0) is 11.6 Å². The van der Waals surface area contributed by atoms with Gasteiger partial charge in [0.15, 0.2) is 23.3 Å². The lowest BCUT2D eigenvalue weighted by Crippen LogP contribution is -2.22. The number of hydrogen-bond donors (Lipinski definition) is 1. The SMILES string of the molecule is CC(C)(C)c1cc(F)c(C(=O)Nc2c(F)c(F)c(C(F)(F)F)c(F)c2F)c(F)c1. The van der Waals surface area contributed by atoms with E-state index in [1.54, 1.807) is 20.8 Å². The number of halogens is 9. The Hall–Kier alpha value is -2.72. The predicted octanol–water partition coefficient (Wildman–Crippen LogP) is 6.09. The molecule has 0 aromatic heterocycles. The van der Waals surface area contributed by atoms with Crippen LogP contribution in [0.25, 0.3) is 0 Å². The number of alkyl halides is 3. The van der Waals surface area contributed by atoms with Crippen LogP contribution in [0.4, 0.5) is 45.2 Å². The molecule has 2 nitrogen and oxygen atoms in total. The van der Waals surface area contributed by atoms with Gasteiger partial charge in [-0.15, -0.1) is 0 Å². The average molecular weight is 429 g/mol. The molecule has 0 spiro atoms. The molecule has 11 heteroatoms. The first kappa shape index (κ1) is 22.6. The van der Waals surface area contributed by atoms with Gasteiger partial charge in [0.25, 0.3) is 5.91 Å². The lowest BCUT2D eigenvalue weighted by Gasteiger charge is -2.20. The van der Waals surface area contributed by atoms with Crippen LogP contribution in [0, 0.1) is 34.9 Å². The van der Waals surface area contributed by atoms with E-state index in [0.717, 1.165) is 12.1 Å². The first-order chi connectivity index (χ1) is 13.1. The Bertz CT molecular complexity index is 938. The molecule has 0 aliphatic heterocycles. The van der Waals surface area contributed by atoms with Gasteiger partial charge in [0.2, 0.25) is 0 Å². The zero-order valence-electron chi connectivity index (χ0n) is 15.0. The van der Waals surface area contributed by atoms with Gasteiger partial charge in [-0.2, -0.15) is 13.2 Å². The molecule has 1 N–H and O–H groups in total. The van der Waals surface area contributed by atoms with Gasteiger partial charge in [0.1, 0.15) is 28.4 Å². The van der Waals surface area contributed by atoms with E-state index in [0.29, 0.717) is 0 Å². The summed E-state index contributed by atoms with van der Waals surface area (Å²) >= 11 is 0. The summed E-state index contributed by atoms with van der Waals surface area (Å²) in [6.07, 6.45) is -5.78. The summed E-state index contributed by atoms with van der Waals surface area (Å²) in [4.78, 5) is 12.0. The molecule has 2 rings (SSSR count). The van der Waals surface area contributed by atoms with Crippen LogP contribution in [0.3, 0.4) is 0 Å². The molecule has 0 aliphatic rings. The standard InChI is InChI=1S/C18H12F9NO/c1-17(2,3)6-4-7(19)9(8(20)5-6)16(29)28-15-13(23)11(21)10(18(25,26)27)12(22)14(15)24/h4-5H,1-3H3,(H,28,29). The smallest absolute Gasteiger partial charge is 0.317 e. The average Bonchev–Trinajstić information content (AvgIpc) is 2.54. The van der Waals surface area contributed by atoms with E-state index in [1.807, 2.05) is 0 Å². The zero-order valence-corrected chi connectivity index (χ0v) is 15.0. The molecule has 0 fully saturated rings. The Morgan fingerprint density at radius 1 is 0.793 bits per heavy atom. The Balaban J connectivity index is 2.55. The molecule has 0 saturated heterocycles. The fourth-order valence-electron chi connectivity index (χ4n) is 2.39. The molecule has 1 amide bonds. The van der Waals surface area contributed by atoms with Gasteiger partial charge < -0.3 is 5.32 Å². The maximum atomic E-state index is 14.2. The lowest BCUT2D eigenvalue weighted by molar-refractivity contribution is -0.143. The number of rotatable bonds is 2. The van der Waals surface area contributed by atoms with E-state index in [4.69, 9.17) is 0 Å².